The molecule has 3 atom stereocenters. The highest BCUT2D eigenvalue weighted by Gasteiger charge is 2.45. The fourth-order valence-corrected chi connectivity index (χ4v) is 5.05. The van der Waals surface area contributed by atoms with Crippen molar-refractivity contribution in [3.8, 4) is 5.75 Å². The van der Waals surface area contributed by atoms with Gasteiger partial charge < -0.3 is 24.8 Å². The molecule has 0 heterocycles. The first kappa shape index (κ1) is 45.0. The molecule has 3 amide bonds. The van der Waals surface area contributed by atoms with Crippen molar-refractivity contribution in [2.24, 2.45) is 5.92 Å². The Morgan fingerprint density at radius 2 is 1.31 bits per heavy atom. The van der Waals surface area contributed by atoms with Crippen LogP contribution in [-0.4, -0.2) is 95.2 Å². The number of benzene rings is 3. The molecule has 3 rings (SSSR count). The predicted molar refractivity (Wildman–Crippen MR) is 197 cm³/mol. The van der Waals surface area contributed by atoms with Crippen LogP contribution in [0.1, 0.15) is 45.7 Å². The van der Waals surface area contributed by atoms with Crippen LogP contribution in [0.4, 0.5) is 18.0 Å². The van der Waals surface area contributed by atoms with Gasteiger partial charge in [0.05, 0.1) is 6.04 Å². The van der Waals surface area contributed by atoms with Crippen LogP contribution in [0, 0.1) is 5.92 Å². The number of carboxylic acid groups (broad SMARTS) is 1. The van der Waals surface area contributed by atoms with Crippen molar-refractivity contribution >= 4 is 41.3 Å². The van der Waals surface area contributed by atoms with E-state index in [4.69, 9.17) is 21.1 Å². The fourth-order valence-electron chi connectivity index (χ4n) is 4.87. The van der Waals surface area contributed by atoms with E-state index in [1.54, 1.807) is 69.3 Å². The third-order valence-electron chi connectivity index (χ3n) is 7.83. The molecule has 11 nitrogen and oxygen atoms in total. The zero-order valence-electron chi connectivity index (χ0n) is 31.2. The largest absolute Gasteiger partial charge is 0.484 e. The minimum atomic E-state index is -5.11. The van der Waals surface area contributed by atoms with E-state index in [0.717, 1.165) is 15.4 Å². The van der Waals surface area contributed by atoms with E-state index in [2.05, 4.69) is 5.32 Å². The lowest BCUT2D eigenvalue weighted by atomic mass is 9.97. The molecule has 15 heteroatoms. The average molecular weight is 778 g/mol. The molecule has 0 unspecified atom stereocenters. The molecule has 0 radical (unpaired) electrons. The summed E-state index contributed by atoms with van der Waals surface area (Å²) in [6.07, 6.45) is -5.48. The highest BCUT2D eigenvalue weighted by Crippen LogP contribution is 2.22. The van der Waals surface area contributed by atoms with Crippen LogP contribution in [-0.2, 0) is 36.8 Å². The number of aliphatic carboxylic acids is 1. The van der Waals surface area contributed by atoms with E-state index >= 15 is 0 Å². The van der Waals surface area contributed by atoms with Crippen molar-refractivity contribution in [3.63, 3.8) is 0 Å². The second-order valence-electron chi connectivity index (χ2n) is 13.7. The van der Waals surface area contributed by atoms with Crippen LogP contribution in [0.2, 0.25) is 5.02 Å². The molecule has 0 fully saturated rings. The average Bonchev–Trinajstić information content (AvgIpc) is 3.09. The van der Waals surface area contributed by atoms with Crippen LogP contribution in [0.15, 0.2) is 84.9 Å². The summed E-state index contributed by atoms with van der Waals surface area (Å²) >= 11 is 5.90. The fraction of sp³-hybridized carbons (Fsp3) is 0.410. The predicted octanol–water partition coefficient (Wildman–Crippen LogP) is 6.61. The maximum absolute atomic E-state index is 13.1. The molecule has 2 N–H and O–H groups in total. The monoisotopic (exact) mass is 777 g/mol. The highest BCUT2D eigenvalue weighted by atomic mass is 35.5. The molecular weight excluding hydrogens is 731 g/mol. The number of carboxylic acids is 1. The van der Waals surface area contributed by atoms with Crippen molar-refractivity contribution in [1.29, 1.82) is 0 Å². The number of hydrogen-bond donors (Lipinski definition) is 2. The van der Waals surface area contributed by atoms with Gasteiger partial charge in [-0.05, 0) is 56.0 Å². The van der Waals surface area contributed by atoms with Gasteiger partial charge in [0, 0.05) is 32.0 Å². The minimum Gasteiger partial charge on any atom is -0.484 e. The Morgan fingerprint density at radius 1 is 0.796 bits per heavy atom. The molecule has 0 spiro atoms. The summed E-state index contributed by atoms with van der Waals surface area (Å²) in [6, 6.07) is 20.4. The SMILES string of the molecule is CC(C)[C@H](NC(=O)[C@H](Cc1ccccc1)N(C)C(=O)COc1cccc(Cl)c1)C(=O)C(F)(F)F.CN(C(=O)OC(C)(C)C)[C@@H](Cc1ccccc1)C(=O)O. The smallest absolute Gasteiger partial charge is 0.452 e. The maximum atomic E-state index is 13.1. The van der Waals surface area contributed by atoms with Gasteiger partial charge in [0.1, 0.15) is 23.4 Å². The van der Waals surface area contributed by atoms with E-state index in [0.29, 0.717) is 16.3 Å². The van der Waals surface area contributed by atoms with E-state index in [1.165, 1.54) is 34.0 Å². The second kappa shape index (κ2) is 20.4. The van der Waals surface area contributed by atoms with E-state index in [9.17, 15) is 42.3 Å². The molecule has 0 saturated carbocycles. The van der Waals surface area contributed by atoms with E-state index in [-0.39, 0.29) is 12.8 Å². The first-order valence-corrected chi connectivity index (χ1v) is 17.3. The number of likely N-dealkylation sites (N-methyl/N-ethyl adjacent to an activating group) is 2. The standard InChI is InChI=1S/C24H26ClF3N2O4.C15H21NO4/c1-15(2)21(22(32)24(26,27)28)29-23(33)19(12-16-8-5-4-6-9-16)30(3)20(31)14-34-18-11-7-10-17(25)13-18;1-15(2,3)20-14(19)16(4)12(13(17)18)10-11-8-6-5-7-9-11/h4-11,13,15,19,21H,12,14H2,1-3H3,(H,29,33);5-9,12H,10H2,1-4H3,(H,17,18)/t19-,21-;12-/m00/s1. The van der Waals surface area contributed by atoms with Gasteiger partial charge in [-0.3, -0.25) is 19.3 Å². The van der Waals surface area contributed by atoms with Gasteiger partial charge in [0.25, 0.3) is 11.7 Å². The number of rotatable bonds is 14. The molecule has 0 aliphatic carbocycles. The molecular formula is C39H47ClF3N3O8. The molecule has 0 aromatic heterocycles. The van der Waals surface area contributed by atoms with Crippen LogP contribution in [0.3, 0.4) is 0 Å². The lowest BCUT2D eigenvalue weighted by Crippen LogP contribution is -2.56. The topological polar surface area (TPSA) is 143 Å². The Hall–Kier alpha value is -5.11. The summed E-state index contributed by atoms with van der Waals surface area (Å²) in [7, 11) is 2.79. The highest BCUT2D eigenvalue weighted by molar-refractivity contribution is 6.30. The quantitative estimate of drug-likeness (QED) is 0.186. The first-order valence-electron chi connectivity index (χ1n) is 16.9. The summed E-state index contributed by atoms with van der Waals surface area (Å²) < 4.78 is 49.8. The van der Waals surface area contributed by atoms with Crippen molar-refractivity contribution in [1.82, 2.24) is 15.1 Å². The molecule has 0 aliphatic rings. The molecule has 3 aromatic carbocycles. The summed E-state index contributed by atoms with van der Waals surface area (Å²) in [6.45, 7) is 7.59. The number of ether oxygens (including phenoxy) is 2. The van der Waals surface area contributed by atoms with Gasteiger partial charge in [-0.1, -0.05) is 92.2 Å². The summed E-state index contributed by atoms with van der Waals surface area (Å²) in [5, 5.41) is 11.9. The number of carbonyl (C=O) groups excluding carboxylic acids is 4. The Kier molecular flexibility index (Phi) is 17.0. The Morgan fingerprint density at radius 3 is 1.76 bits per heavy atom. The Bertz CT molecular complexity index is 1700. The maximum Gasteiger partial charge on any atom is 0.452 e. The lowest BCUT2D eigenvalue weighted by molar-refractivity contribution is -0.175. The van der Waals surface area contributed by atoms with Crippen LogP contribution in [0.25, 0.3) is 0 Å². The van der Waals surface area contributed by atoms with Crippen molar-refractivity contribution in [2.75, 3.05) is 20.7 Å². The molecule has 294 valence electrons. The second-order valence-corrected chi connectivity index (χ2v) is 14.1. The third kappa shape index (κ3) is 15.1. The lowest BCUT2D eigenvalue weighted by Gasteiger charge is -2.30. The van der Waals surface area contributed by atoms with E-state index < -0.39 is 72.1 Å². The molecule has 0 aliphatic heterocycles. The number of hydrogen-bond acceptors (Lipinski definition) is 7. The van der Waals surface area contributed by atoms with Gasteiger partial charge in [-0.2, -0.15) is 13.2 Å². The molecule has 54 heavy (non-hydrogen) atoms. The van der Waals surface area contributed by atoms with Gasteiger partial charge in [-0.25, -0.2) is 9.59 Å². The Balaban J connectivity index is 0.000000429. The number of alkyl halides is 3. The Labute approximate surface area is 318 Å². The van der Waals surface area contributed by atoms with Gasteiger partial charge in [-0.15, -0.1) is 0 Å². The molecule has 3 aromatic rings. The number of Topliss-reactive ketones (excluding diaryl/α,β-unsaturated/α-hetero) is 1. The molecule has 0 saturated heterocycles. The van der Waals surface area contributed by atoms with Crippen LogP contribution >= 0.6 is 11.6 Å². The van der Waals surface area contributed by atoms with Crippen molar-refractivity contribution < 1.29 is 51.7 Å². The van der Waals surface area contributed by atoms with Crippen molar-refractivity contribution in [3.05, 3.63) is 101 Å². The molecule has 0 bridgehead atoms. The van der Waals surface area contributed by atoms with Crippen LogP contribution < -0.4 is 10.1 Å². The van der Waals surface area contributed by atoms with Gasteiger partial charge >= 0.3 is 18.2 Å². The zero-order valence-corrected chi connectivity index (χ0v) is 32.0. The van der Waals surface area contributed by atoms with Crippen molar-refractivity contribution in [2.45, 2.75) is 77.4 Å². The number of nitrogens with one attached hydrogen (secondary N) is 1. The number of nitrogens with zero attached hydrogens (tertiary/aromatic N) is 2. The minimum absolute atomic E-state index is 0.0249. The summed E-state index contributed by atoms with van der Waals surface area (Å²) in [5.41, 5.74) is 0.887. The third-order valence-corrected chi connectivity index (χ3v) is 8.06. The summed E-state index contributed by atoms with van der Waals surface area (Å²) in [5.74, 6) is -5.04. The number of halogens is 4. The summed E-state index contributed by atoms with van der Waals surface area (Å²) in [4.78, 5) is 63.3. The number of amides is 3. The van der Waals surface area contributed by atoms with Crippen LogP contribution in [0.5, 0.6) is 5.75 Å². The number of ketones is 1. The number of carbonyl (C=O) groups is 5. The normalized spacial score (nSPS) is 13.0. The van der Waals surface area contributed by atoms with Gasteiger partial charge in [0.2, 0.25) is 5.91 Å². The van der Waals surface area contributed by atoms with E-state index in [1.807, 2.05) is 30.3 Å². The zero-order chi connectivity index (χ0) is 40.8. The van der Waals surface area contributed by atoms with Gasteiger partial charge in [0.15, 0.2) is 6.61 Å². The first-order chi connectivity index (χ1) is 25.1.